The number of para-hydroxylation sites is 1. The van der Waals surface area contributed by atoms with Gasteiger partial charge in [-0.15, -0.1) is 0 Å². The molecule has 1 aromatic carbocycles. The molecule has 0 spiro atoms. The highest BCUT2D eigenvalue weighted by Gasteiger charge is 2.13. The number of nitrogens with zero attached hydrogens (tertiary/aromatic N) is 2. The van der Waals surface area contributed by atoms with E-state index in [9.17, 15) is 0 Å². The fourth-order valence-corrected chi connectivity index (χ4v) is 2.20. The summed E-state index contributed by atoms with van der Waals surface area (Å²) in [5.74, 6) is 0.904. The SMILES string of the molecule is CCCNC(COc1ccccc1)c1cnn(CCC)c1. The van der Waals surface area contributed by atoms with E-state index >= 15 is 0 Å². The van der Waals surface area contributed by atoms with Crippen molar-refractivity contribution in [3.05, 3.63) is 48.3 Å². The second-order valence-corrected chi connectivity index (χ2v) is 5.17. The summed E-state index contributed by atoms with van der Waals surface area (Å²) in [5, 5.41) is 7.94. The molecule has 0 saturated carbocycles. The predicted molar refractivity (Wildman–Crippen MR) is 85.5 cm³/mol. The summed E-state index contributed by atoms with van der Waals surface area (Å²) in [5.41, 5.74) is 1.19. The number of aryl methyl sites for hydroxylation is 1. The monoisotopic (exact) mass is 287 g/mol. The molecule has 21 heavy (non-hydrogen) atoms. The minimum atomic E-state index is 0.177. The highest BCUT2D eigenvalue weighted by molar-refractivity contribution is 5.21. The third-order valence-corrected chi connectivity index (χ3v) is 3.31. The van der Waals surface area contributed by atoms with Crippen molar-refractivity contribution in [2.75, 3.05) is 13.2 Å². The third-order valence-electron chi connectivity index (χ3n) is 3.31. The topological polar surface area (TPSA) is 39.1 Å². The third kappa shape index (κ3) is 4.90. The number of nitrogens with one attached hydrogen (secondary N) is 1. The van der Waals surface area contributed by atoms with Crippen LogP contribution in [0, 0.1) is 0 Å². The normalized spacial score (nSPS) is 12.3. The quantitative estimate of drug-likeness (QED) is 0.768. The van der Waals surface area contributed by atoms with Crippen LogP contribution < -0.4 is 10.1 Å². The van der Waals surface area contributed by atoms with E-state index in [4.69, 9.17) is 4.74 Å². The van der Waals surface area contributed by atoms with Crippen LogP contribution in [0.3, 0.4) is 0 Å². The molecule has 1 unspecified atom stereocenters. The number of aromatic nitrogens is 2. The average Bonchev–Trinajstić information content (AvgIpc) is 2.97. The second kappa shape index (κ2) is 8.47. The minimum Gasteiger partial charge on any atom is -0.492 e. The van der Waals surface area contributed by atoms with Gasteiger partial charge in [-0.25, -0.2) is 0 Å². The zero-order valence-corrected chi connectivity index (χ0v) is 13.0. The van der Waals surface area contributed by atoms with E-state index in [1.807, 2.05) is 41.2 Å². The molecule has 0 saturated heterocycles. The second-order valence-electron chi connectivity index (χ2n) is 5.17. The van der Waals surface area contributed by atoms with Crippen LogP contribution in [-0.4, -0.2) is 22.9 Å². The van der Waals surface area contributed by atoms with Crippen molar-refractivity contribution in [3.8, 4) is 5.75 Å². The van der Waals surface area contributed by atoms with Gasteiger partial charge >= 0.3 is 0 Å². The molecule has 0 fully saturated rings. The average molecular weight is 287 g/mol. The molecule has 1 N–H and O–H groups in total. The molecule has 1 heterocycles. The van der Waals surface area contributed by atoms with Gasteiger partial charge in [0.25, 0.3) is 0 Å². The Morgan fingerprint density at radius 1 is 1.19 bits per heavy atom. The van der Waals surface area contributed by atoms with Crippen LogP contribution in [0.4, 0.5) is 0 Å². The van der Waals surface area contributed by atoms with Gasteiger partial charge in [0.2, 0.25) is 0 Å². The number of rotatable bonds is 9. The Kier molecular flexibility index (Phi) is 6.28. The van der Waals surface area contributed by atoms with Gasteiger partial charge in [-0.3, -0.25) is 4.68 Å². The van der Waals surface area contributed by atoms with Crippen molar-refractivity contribution in [3.63, 3.8) is 0 Å². The molecule has 0 radical (unpaired) electrons. The lowest BCUT2D eigenvalue weighted by Crippen LogP contribution is -2.27. The van der Waals surface area contributed by atoms with Gasteiger partial charge < -0.3 is 10.1 Å². The number of hydrogen-bond donors (Lipinski definition) is 1. The standard InChI is InChI=1S/C17H25N3O/c1-3-10-18-17(14-21-16-8-6-5-7-9-16)15-12-19-20(13-15)11-4-2/h5-9,12-13,17-18H,3-4,10-11,14H2,1-2H3. The Labute approximate surface area is 127 Å². The lowest BCUT2D eigenvalue weighted by atomic mass is 10.1. The van der Waals surface area contributed by atoms with E-state index in [0.717, 1.165) is 31.7 Å². The minimum absolute atomic E-state index is 0.177. The molecular formula is C17H25N3O. The summed E-state index contributed by atoms with van der Waals surface area (Å²) >= 11 is 0. The van der Waals surface area contributed by atoms with E-state index in [0.29, 0.717) is 6.61 Å². The lowest BCUT2D eigenvalue weighted by molar-refractivity contribution is 0.266. The summed E-state index contributed by atoms with van der Waals surface area (Å²) in [6.45, 7) is 6.87. The maximum absolute atomic E-state index is 5.89. The van der Waals surface area contributed by atoms with Gasteiger partial charge in [0, 0.05) is 18.3 Å². The summed E-state index contributed by atoms with van der Waals surface area (Å²) in [7, 11) is 0. The molecule has 0 aliphatic rings. The fraction of sp³-hybridized carbons (Fsp3) is 0.471. The number of ether oxygens (including phenoxy) is 1. The van der Waals surface area contributed by atoms with Crippen LogP contribution in [0.25, 0.3) is 0 Å². The summed E-state index contributed by atoms with van der Waals surface area (Å²) in [6, 6.07) is 10.1. The Morgan fingerprint density at radius 2 is 2.00 bits per heavy atom. The van der Waals surface area contributed by atoms with Gasteiger partial charge in [-0.2, -0.15) is 5.10 Å². The Hall–Kier alpha value is -1.81. The molecule has 114 valence electrons. The predicted octanol–water partition coefficient (Wildman–Crippen LogP) is 3.41. The van der Waals surface area contributed by atoms with Gasteiger partial charge in [0.1, 0.15) is 12.4 Å². The van der Waals surface area contributed by atoms with Crippen LogP contribution in [0.2, 0.25) is 0 Å². The molecule has 4 nitrogen and oxygen atoms in total. The Bertz CT molecular complexity index is 510. The van der Waals surface area contributed by atoms with E-state index in [2.05, 4.69) is 30.5 Å². The molecule has 2 aromatic rings. The Morgan fingerprint density at radius 3 is 2.71 bits per heavy atom. The van der Waals surface area contributed by atoms with Crippen molar-refractivity contribution < 1.29 is 4.74 Å². The molecule has 1 aromatic heterocycles. The van der Waals surface area contributed by atoms with Crippen LogP contribution in [0.5, 0.6) is 5.75 Å². The molecule has 0 bridgehead atoms. The van der Waals surface area contributed by atoms with Gasteiger partial charge in [-0.1, -0.05) is 32.0 Å². The van der Waals surface area contributed by atoms with E-state index in [1.165, 1.54) is 5.56 Å². The smallest absolute Gasteiger partial charge is 0.119 e. The van der Waals surface area contributed by atoms with Crippen LogP contribution in [-0.2, 0) is 6.54 Å². The van der Waals surface area contributed by atoms with E-state index in [-0.39, 0.29) is 6.04 Å². The van der Waals surface area contributed by atoms with Crippen molar-refractivity contribution >= 4 is 0 Å². The molecule has 1 atom stereocenters. The highest BCUT2D eigenvalue weighted by Crippen LogP contribution is 2.16. The van der Waals surface area contributed by atoms with E-state index < -0.39 is 0 Å². The van der Waals surface area contributed by atoms with Crippen molar-refractivity contribution in [2.24, 2.45) is 0 Å². The zero-order chi connectivity index (χ0) is 14.9. The number of benzene rings is 1. The van der Waals surface area contributed by atoms with Crippen molar-refractivity contribution in [1.29, 1.82) is 0 Å². The summed E-state index contributed by atoms with van der Waals surface area (Å²) < 4.78 is 7.89. The lowest BCUT2D eigenvalue weighted by Gasteiger charge is -2.18. The van der Waals surface area contributed by atoms with Crippen molar-refractivity contribution in [1.82, 2.24) is 15.1 Å². The first-order valence-electron chi connectivity index (χ1n) is 7.77. The van der Waals surface area contributed by atoms with Gasteiger partial charge in [0.05, 0.1) is 12.2 Å². The fourth-order valence-electron chi connectivity index (χ4n) is 2.20. The molecule has 0 aliphatic heterocycles. The largest absolute Gasteiger partial charge is 0.492 e. The van der Waals surface area contributed by atoms with Crippen LogP contribution in [0.1, 0.15) is 38.3 Å². The molecule has 0 amide bonds. The molecular weight excluding hydrogens is 262 g/mol. The number of hydrogen-bond acceptors (Lipinski definition) is 3. The van der Waals surface area contributed by atoms with Crippen molar-refractivity contribution in [2.45, 2.75) is 39.3 Å². The van der Waals surface area contributed by atoms with Gasteiger partial charge in [-0.05, 0) is 31.5 Å². The Balaban J connectivity index is 1.99. The first-order valence-corrected chi connectivity index (χ1v) is 7.77. The first kappa shape index (κ1) is 15.6. The molecule has 4 heteroatoms. The van der Waals surface area contributed by atoms with E-state index in [1.54, 1.807) is 0 Å². The molecule has 2 rings (SSSR count). The van der Waals surface area contributed by atoms with Crippen LogP contribution >= 0.6 is 0 Å². The van der Waals surface area contributed by atoms with Crippen LogP contribution in [0.15, 0.2) is 42.7 Å². The summed E-state index contributed by atoms with van der Waals surface area (Å²) in [4.78, 5) is 0. The first-order chi connectivity index (χ1) is 10.3. The maximum atomic E-state index is 5.89. The maximum Gasteiger partial charge on any atom is 0.119 e. The highest BCUT2D eigenvalue weighted by atomic mass is 16.5. The molecule has 0 aliphatic carbocycles. The summed E-state index contributed by atoms with van der Waals surface area (Å²) in [6.07, 6.45) is 6.25. The zero-order valence-electron chi connectivity index (χ0n) is 13.0. The van der Waals surface area contributed by atoms with Gasteiger partial charge in [0.15, 0.2) is 0 Å².